The molecule has 0 saturated heterocycles. The third-order valence-electron chi connectivity index (χ3n) is 4.53. The number of rotatable bonds is 11. The minimum Gasteiger partial charge on any atom is -0.261 e. The Hall–Kier alpha value is -1.08. The number of aryl methyl sites for hydroxylation is 1. The topological polar surface area (TPSA) is 12.9 Å². The van der Waals surface area contributed by atoms with E-state index in [4.69, 9.17) is 11.6 Å². The second-order valence-corrected chi connectivity index (χ2v) is 7.04. The predicted molar refractivity (Wildman–Crippen MR) is 102 cm³/mol. The van der Waals surface area contributed by atoms with Gasteiger partial charge in [0, 0.05) is 22.3 Å². The highest BCUT2D eigenvalue weighted by Gasteiger charge is 2.00. The second-order valence-electron chi connectivity index (χ2n) is 6.60. The van der Waals surface area contributed by atoms with Gasteiger partial charge < -0.3 is 0 Å². The number of hydrogen-bond donors (Lipinski definition) is 0. The third kappa shape index (κ3) is 6.91. The van der Waals surface area contributed by atoms with E-state index in [0.717, 1.165) is 16.8 Å². The Labute approximate surface area is 146 Å². The van der Waals surface area contributed by atoms with Crippen molar-refractivity contribution >= 4 is 22.4 Å². The van der Waals surface area contributed by atoms with Gasteiger partial charge in [-0.15, -0.1) is 0 Å². The summed E-state index contributed by atoms with van der Waals surface area (Å²) in [6.45, 7) is 2.28. The first-order valence-electron chi connectivity index (χ1n) is 9.34. The molecule has 0 aliphatic carbocycles. The zero-order valence-corrected chi connectivity index (χ0v) is 15.2. The molecule has 0 saturated carbocycles. The molecule has 0 bridgehead atoms. The largest absolute Gasteiger partial charge is 0.261 e. The lowest BCUT2D eigenvalue weighted by atomic mass is 10.0. The van der Waals surface area contributed by atoms with Gasteiger partial charge >= 0.3 is 0 Å². The molecule has 0 atom stereocenters. The normalized spacial score (nSPS) is 11.2. The number of unbranched alkanes of at least 4 members (excludes halogenated alkanes) is 9. The van der Waals surface area contributed by atoms with E-state index in [2.05, 4.69) is 24.0 Å². The number of aromatic nitrogens is 1. The van der Waals surface area contributed by atoms with Crippen molar-refractivity contribution in [2.45, 2.75) is 77.6 Å². The Morgan fingerprint density at radius 3 is 2.13 bits per heavy atom. The van der Waals surface area contributed by atoms with Crippen LogP contribution in [0.4, 0.5) is 0 Å². The lowest BCUT2D eigenvalue weighted by Crippen LogP contribution is -1.91. The Kier molecular flexibility index (Phi) is 8.46. The molecule has 126 valence electrons. The highest BCUT2D eigenvalue weighted by Crippen LogP contribution is 2.20. The number of fused-ring (bicyclic) bond motifs is 1. The van der Waals surface area contributed by atoms with Crippen LogP contribution in [0.5, 0.6) is 0 Å². The van der Waals surface area contributed by atoms with Crippen molar-refractivity contribution in [3.8, 4) is 0 Å². The molecule has 1 heterocycles. The van der Waals surface area contributed by atoms with Crippen LogP contribution in [0.25, 0.3) is 10.8 Å². The summed E-state index contributed by atoms with van der Waals surface area (Å²) in [5.74, 6) is 0. The lowest BCUT2D eigenvalue weighted by Gasteiger charge is -2.04. The molecule has 0 unspecified atom stereocenters. The Balaban J connectivity index is 1.58. The number of halogens is 1. The highest BCUT2D eigenvalue weighted by atomic mass is 35.5. The van der Waals surface area contributed by atoms with Crippen molar-refractivity contribution < 1.29 is 0 Å². The maximum Gasteiger partial charge on any atom is 0.0412 e. The van der Waals surface area contributed by atoms with Crippen molar-refractivity contribution in [2.24, 2.45) is 0 Å². The summed E-state index contributed by atoms with van der Waals surface area (Å²) in [7, 11) is 0. The van der Waals surface area contributed by atoms with Gasteiger partial charge in [-0.1, -0.05) is 82.4 Å². The Bertz CT molecular complexity index is 579. The third-order valence-corrected chi connectivity index (χ3v) is 4.76. The van der Waals surface area contributed by atoms with E-state index >= 15 is 0 Å². The maximum absolute atomic E-state index is 6.01. The van der Waals surface area contributed by atoms with Crippen LogP contribution >= 0.6 is 11.6 Å². The van der Waals surface area contributed by atoms with E-state index in [-0.39, 0.29) is 0 Å². The van der Waals surface area contributed by atoms with Gasteiger partial charge in [0.2, 0.25) is 0 Å². The standard InChI is InChI=1S/C21H30ClN/c1-2-3-4-5-6-7-8-9-10-11-12-21-16-18-13-14-20(22)15-19(18)17-23-21/h13-17H,2-12H2,1H3. The molecule has 2 rings (SSSR count). The van der Waals surface area contributed by atoms with Crippen molar-refractivity contribution in [3.63, 3.8) is 0 Å². The molecule has 1 aromatic heterocycles. The molecule has 0 spiro atoms. The van der Waals surface area contributed by atoms with Gasteiger partial charge in [-0.05, 0) is 36.4 Å². The van der Waals surface area contributed by atoms with Crippen LogP contribution in [0.3, 0.4) is 0 Å². The molecule has 1 aromatic carbocycles. The summed E-state index contributed by atoms with van der Waals surface area (Å²) >= 11 is 6.01. The summed E-state index contributed by atoms with van der Waals surface area (Å²) in [6, 6.07) is 8.23. The second kappa shape index (κ2) is 10.6. The van der Waals surface area contributed by atoms with Crippen LogP contribution in [-0.4, -0.2) is 4.98 Å². The zero-order valence-electron chi connectivity index (χ0n) is 14.5. The highest BCUT2D eigenvalue weighted by molar-refractivity contribution is 6.31. The van der Waals surface area contributed by atoms with Crippen molar-refractivity contribution in [3.05, 3.63) is 41.2 Å². The molecule has 0 N–H and O–H groups in total. The fraction of sp³-hybridized carbons (Fsp3) is 0.571. The number of benzene rings is 1. The minimum absolute atomic E-state index is 0.779. The van der Waals surface area contributed by atoms with E-state index in [1.54, 1.807) is 0 Å². The summed E-state index contributed by atoms with van der Waals surface area (Å²) in [4.78, 5) is 4.57. The van der Waals surface area contributed by atoms with Crippen LogP contribution in [0.15, 0.2) is 30.5 Å². The summed E-state index contributed by atoms with van der Waals surface area (Å²) in [5.41, 5.74) is 1.21. The van der Waals surface area contributed by atoms with Gasteiger partial charge in [-0.25, -0.2) is 0 Å². The lowest BCUT2D eigenvalue weighted by molar-refractivity contribution is 0.555. The molecule has 0 amide bonds. The van der Waals surface area contributed by atoms with Crippen LogP contribution in [-0.2, 0) is 6.42 Å². The van der Waals surface area contributed by atoms with E-state index in [1.807, 2.05) is 18.3 Å². The van der Waals surface area contributed by atoms with Crippen molar-refractivity contribution in [1.82, 2.24) is 4.98 Å². The molecule has 0 aliphatic heterocycles. The van der Waals surface area contributed by atoms with Crippen molar-refractivity contribution in [1.29, 1.82) is 0 Å². The van der Waals surface area contributed by atoms with Crippen LogP contribution in [0.1, 0.15) is 76.8 Å². The van der Waals surface area contributed by atoms with Crippen molar-refractivity contribution in [2.75, 3.05) is 0 Å². The van der Waals surface area contributed by atoms with Crippen LogP contribution < -0.4 is 0 Å². The van der Waals surface area contributed by atoms with Gasteiger partial charge in [0.1, 0.15) is 0 Å². The molecule has 0 aliphatic rings. The van der Waals surface area contributed by atoms with Crippen LogP contribution in [0, 0.1) is 0 Å². The molecule has 1 nitrogen and oxygen atoms in total. The summed E-state index contributed by atoms with van der Waals surface area (Å²) < 4.78 is 0. The zero-order chi connectivity index (χ0) is 16.3. The number of pyridine rings is 1. The summed E-state index contributed by atoms with van der Waals surface area (Å²) in [5, 5.41) is 3.15. The first-order chi connectivity index (χ1) is 11.3. The van der Waals surface area contributed by atoms with Gasteiger partial charge in [0.05, 0.1) is 0 Å². The first kappa shape index (κ1) is 18.3. The molecule has 2 heteroatoms. The SMILES string of the molecule is CCCCCCCCCCCCc1cc2ccc(Cl)cc2cn1. The van der Waals surface area contributed by atoms with Gasteiger partial charge in [-0.3, -0.25) is 4.98 Å². The molecule has 0 radical (unpaired) electrons. The van der Waals surface area contributed by atoms with E-state index in [0.29, 0.717) is 0 Å². The van der Waals surface area contributed by atoms with E-state index in [9.17, 15) is 0 Å². The quantitative estimate of drug-likeness (QED) is 0.392. The Morgan fingerprint density at radius 2 is 1.43 bits per heavy atom. The van der Waals surface area contributed by atoms with Gasteiger partial charge in [0.25, 0.3) is 0 Å². The fourth-order valence-corrected chi connectivity index (χ4v) is 3.27. The molecule has 0 fully saturated rings. The average Bonchev–Trinajstić information content (AvgIpc) is 2.56. The average molecular weight is 332 g/mol. The predicted octanol–water partition coefficient (Wildman–Crippen LogP) is 7.35. The molecular weight excluding hydrogens is 302 g/mol. The smallest absolute Gasteiger partial charge is 0.0412 e. The maximum atomic E-state index is 6.01. The van der Waals surface area contributed by atoms with Gasteiger partial charge in [-0.2, -0.15) is 0 Å². The van der Waals surface area contributed by atoms with Crippen LogP contribution in [0.2, 0.25) is 5.02 Å². The fourth-order valence-electron chi connectivity index (χ4n) is 3.09. The monoisotopic (exact) mass is 331 g/mol. The van der Waals surface area contributed by atoms with E-state index in [1.165, 1.54) is 75.3 Å². The number of nitrogens with zero attached hydrogens (tertiary/aromatic N) is 1. The number of hydrogen-bond acceptors (Lipinski definition) is 1. The molecule has 2 aromatic rings. The van der Waals surface area contributed by atoms with Gasteiger partial charge in [0.15, 0.2) is 0 Å². The minimum atomic E-state index is 0.779. The Morgan fingerprint density at radius 1 is 0.783 bits per heavy atom. The molecule has 23 heavy (non-hydrogen) atoms. The summed E-state index contributed by atoms with van der Waals surface area (Å²) in [6.07, 6.45) is 16.8. The first-order valence-corrected chi connectivity index (χ1v) is 9.71. The van der Waals surface area contributed by atoms with E-state index < -0.39 is 0 Å². The molecular formula is C21H30ClN.